The number of methoxy groups -OCH3 is 2. The molecule has 0 atom stereocenters. The normalized spacial score (nSPS) is 11.2. The molecule has 0 radical (unpaired) electrons. The number of nitrogens with zero attached hydrogens (tertiary/aromatic N) is 2. The Labute approximate surface area is 131 Å². The zero-order valence-electron chi connectivity index (χ0n) is 12.9. The van der Waals surface area contributed by atoms with E-state index in [1.807, 2.05) is 61.0 Å². The van der Waals surface area contributed by atoms with Gasteiger partial charge >= 0.3 is 0 Å². The van der Waals surface area contributed by atoms with Crippen LogP contribution >= 0.6 is 0 Å². The smallest absolute Gasteiger partial charge is 0.119 e. The maximum atomic E-state index is 5.17. The van der Waals surface area contributed by atoms with Crippen LogP contribution in [0.4, 0.5) is 0 Å². The molecule has 2 aromatic rings. The summed E-state index contributed by atoms with van der Waals surface area (Å²) in [5.74, 6) is 1.67. The van der Waals surface area contributed by atoms with Crippen molar-refractivity contribution in [1.29, 1.82) is 0 Å². The summed E-state index contributed by atoms with van der Waals surface area (Å²) in [6, 6.07) is 15.6. The highest BCUT2D eigenvalue weighted by atomic mass is 16.5. The van der Waals surface area contributed by atoms with Gasteiger partial charge in [0, 0.05) is 12.4 Å². The Morgan fingerprint density at radius 1 is 0.773 bits per heavy atom. The molecule has 0 aromatic heterocycles. The lowest BCUT2D eigenvalue weighted by Crippen LogP contribution is -1.91. The van der Waals surface area contributed by atoms with E-state index in [2.05, 4.69) is 9.98 Å². The highest BCUT2D eigenvalue weighted by Gasteiger charge is 1.92. The first-order valence-electron chi connectivity index (χ1n) is 7.09. The highest BCUT2D eigenvalue weighted by molar-refractivity contribution is 5.81. The fourth-order valence-electron chi connectivity index (χ4n) is 1.90. The van der Waals surface area contributed by atoms with Crippen molar-refractivity contribution in [1.82, 2.24) is 0 Å². The van der Waals surface area contributed by atoms with E-state index >= 15 is 0 Å². The number of benzene rings is 2. The van der Waals surface area contributed by atoms with E-state index < -0.39 is 0 Å². The first-order chi connectivity index (χ1) is 10.8. The summed E-state index contributed by atoms with van der Waals surface area (Å²) in [4.78, 5) is 8.73. The van der Waals surface area contributed by atoms with E-state index in [4.69, 9.17) is 9.47 Å². The molecule has 0 saturated heterocycles. The van der Waals surface area contributed by atoms with Gasteiger partial charge in [0.05, 0.1) is 27.3 Å². The first-order valence-corrected chi connectivity index (χ1v) is 7.09. The predicted molar refractivity (Wildman–Crippen MR) is 90.9 cm³/mol. The van der Waals surface area contributed by atoms with Gasteiger partial charge in [0.15, 0.2) is 0 Å². The molecule has 4 nitrogen and oxygen atoms in total. The van der Waals surface area contributed by atoms with Gasteiger partial charge in [-0.3, -0.25) is 9.98 Å². The molecule has 0 aliphatic rings. The summed E-state index contributed by atoms with van der Waals surface area (Å²) in [7, 11) is 3.31. The van der Waals surface area contributed by atoms with E-state index in [0.717, 1.165) is 22.6 Å². The van der Waals surface area contributed by atoms with E-state index in [0.29, 0.717) is 13.1 Å². The van der Waals surface area contributed by atoms with Crippen LogP contribution < -0.4 is 9.47 Å². The van der Waals surface area contributed by atoms with Crippen LogP contribution in [0.15, 0.2) is 58.5 Å². The Kier molecular flexibility index (Phi) is 6.18. The largest absolute Gasteiger partial charge is 0.497 e. The van der Waals surface area contributed by atoms with E-state index in [-0.39, 0.29) is 0 Å². The Balaban J connectivity index is 1.80. The average molecular weight is 296 g/mol. The molecule has 0 spiro atoms. The van der Waals surface area contributed by atoms with Crippen molar-refractivity contribution >= 4 is 12.4 Å². The molecular weight excluding hydrogens is 276 g/mol. The van der Waals surface area contributed by atoms with Gasteiger partial charge in [-0.15, -0.1) is 0 Å². The lowest BCUT2D eigenvalue weighted by atomic mass is 10.2. The lowest BCUT2D eigenvalue weighted by Gasteiger charge is -2.00. The highest BCUT2D eigenvalue weighted by Crippen LogP contribution is 2.11. The molecule has 0 heterocycles. The standard InChI is InChI=1S/C18H20N2O2/c1-21-17-7-3-5-15(11-17)13-19-9-10-20-14-16-6-4-8-18(12-16)22-2/h3-8,11-14H,9-10H2,1-2H3. The molecule has 0 N–H and O–H groups in total. The van der Waals surface area contributed by atoms with E-state index in [9.17, 15) is 0 Å². The molecular formula is C18H20N2O2. The Morgan fingerprint density at radius 2 is 1.23 bits per heavy atom. The van der Waals surface area contributed by atoms with Gasteiger partial charge in [-0.2, -0.15) is 0 Å². The second kappa shape index (κ2) is 8.62. The summed E-state index contributed by atoms with van der Waals surface area (Å²) in [5, 5.41) is 0. The van der Waals surface area contributed by atoms with Crippen LogP contribution in [0.2, 0.25) is 0 Å². The summed E-state index contributed by atoms with van der Waals surface area (Å²) >= 11 is 0. The zero-order chi connectivity index (χ0) is 15.6. The maximum Gasteiger partial charge on any atom is 0.119 e. The minimum absolute atomic E-state index is 0.650. The Hall–Kier alpha value is -2.62. The van der Waals surface area contributed by atoms with Gasteiger partial charge in [-0.1, -0.05) is 24.3 Å². The van der Waals surface area contributed by atoms with Gasteiger partial charge in [0.2, 0.25) is 0 Å². The van der Waals surface area contributed by atoms with Crippen LogP contribution in [-0.2, 0) is 0 Å². The monoisotopic (exact) mass is 296 g/mol. The molecule has 2 aromatic carbocycles. The third-order valence-electron chi connectivity index (χ3n) is 3.03. The summed E-state index contributed by atoms with van der Waals surface area (Å²) < 4.78 is 10.3. The van der Waals surface area contributed by atoms with Crippen molar-refractivity contribution in [2.75, 3.05) is 27.3 Å². The SMILES string of the molecule is COc1cccc(C=NCCN=Cc2cccc(OC)c2)c1. The van der Waals surface area contributed by atoms with Gasteiger partial charge in [0.1, 0.15) is 11.5 Å². The van der Waals surface area contributed by atoms with Crippen molar-refractivity contribution in [2.45, 2.75) is 0 Å². The lowest BCUT2D eigenvalue weighted by molar-refractivity contribution is 0.414. The van der Waals surface area contributed by atoms with Crippen LogP contribution in [0.5, 0.6) is 11.5 Å². The molecule has 0 aliphatic carbocycles. The van der Waals surface area contributed by atoms with Crippen molar-refractivity contribution in [3.05, 3.63) is 59.7 Å². The molecule has 22 heavy (non-hydrogen) atoms. The van der Waals surface area contributed by atoms with Crippen molar-refractivity contribution < 1.29 is 9.47 Å². The molecule has 0 unspecified atom stereocenters. The first kappa shape index (κ1) is 15.8. The third kappa shape index (κ3) is 5.05. The van der Waals surface area contributed by atoms with E-state index in [1.54, 1.807) is 14.2 Å². The second-order valence-corrected chi connectivity index (χ2v) is 4.62. The number of hydrogen-bond donors (Lipinski definition) is 0. The molecule has 114 valence electrons. The van der Waals surface area contributed by atoms with Gasteiger partial charge in [0.25, 0.3) is 0 Å². The average Bonchev–Trinajstić information content (AvgIpc) is 2.58. The Bertz CT molecular complexity index is 594. The van der Waals surface area contributed by atoms with Gasteiger partial charge in [-0.05, 0) is 35.4 Å². The zero-order valence-corrected chi connectivity index (χ0v) is 12.9. The minimum Gasteiger partial charge on any atom is -0.497 e. The summed E-state index contributed by atoms with van der Waals surface area (Å²) in [6.45, 7) is 1.30. The fourth-order valence-corrected chi connectivity index (χ4v) is 1.90. The van der Waals surface area contributed by atoms with Crippen molar-refractivity contribution in [2.24, 2.45) is 9.98 Å². The third-order valence-corrected chi connectivity index (χ3v) is 3.03. The number of hydrogen-bond acceptors (Lipinski definition) is 4. The fraction of sp³-hybridized carbons (Fsp3) is 0.222. The molecule has 2 rings (SSSR count). The number of ether oxygens (including phenoxy) is 2. The molecule has 0 saturated carbocycles. The van der Waals surface area contributed by atoms with Crippen LogP contribution in [0.3, 0.4) is 0 Å². The molecule has 4 heteroatoms. The predicted octanol–water partition coefficient (Wildman–Crippen LogP) is 3.24. The van der Waals surface area contributed by atoms with E-state index in [1.165, 1.54) is 0 Å². The molecule has 0 amide bonds. The topological polar surface area (TPSA) is 43.2 Å². The van der Waals surface area contributed by atoms with Crippen LogP contribution in [0.1, 0.15) is 11.1 Å². The van der Waals surface area contributed by atoms with Crippen molar-refractivity contribution in [3.63, 3.8) is 0 Å². The van der Waals surface area contributed by atoms with Gasteiger partial charge in [-0.25, -0.2) is 0 Å². The summed E-state index contributed by atoms with van der Waals surface area (Å²) in [5.41, 5.74) is 2.05. The minimum atomic E-state index is 0.650. The van der Waals surface area contributed by atoms with Gasteiger partial charge < -0.3 is 9.47 Å². The maximum absolute atomic E-state index is 5.17. The number of aliphatic imine (C=N–C) groups is 2. The van der Waals surface area contributed by atoms with Crippen LogP contribution in [0.25, 0.3) is 0 Å². The number of rotatable bonds is 7. The van der Waals surface area contributed by atoms with Crippen molar-refractivity contribution in [3.8, 4) is 11.5 Å². The van der Waals surface area contributed by atoms with Crippen LogP contribution in [0, 0.1) is 0 Å². The van der Waals surface area contributed by atoms with Crippen LogP contribution in [-0.4, -0.2) is 39.7 Å². The molecule has 0 bridgehead atoms. The quantitative estimate of drug-likeness (QED) is 0.581. The second-order valence-electron chi connectivity index (χ2n) is 4.62. The Morgan fingerprint density at radius 3 is 1.64 bits per heavy atom. The molecule has 0 aliphatic heterocycles. The molecule has 0 fully saturated rings. The summed E-state index contributed by atoms with van der Waals surface area (Å²) in [6.07, 6.45) is 3.67.